The largest absolute Gasteiger partial charge is 0.477 e. The minimum Gasteiger partial charge on any atom is -0.477 e. The van der Waals surface area contributed by atoms with Crippen molar-refractivity contribution in [1.82, 2.24) is 5.32 Å². The van der Waals surface area contributed by atoms with E-state index in [0.29, 0.717) is 11.5 Å². The van der Waals surface area contributed by atoms with Gasteiger partial charge in [0.05, 0.1) is 4.88 Å². The van der Waals surface area contributed by atoms with E-state index in [2.05, 4.69) is 5.32 Å². The summed E-state index contributed by atoms with van der Waals surface area (Å²) in [5.41, 5.74) is 0. The van der Waals surface area contributed by atoms with Gasteiger partial charge >= 0.3 is 5.97 Å². The molecule has 0 unspecified atom stereocenters. The van der Waals surface area contributed by atoms with E-state index < -0.39 is 5.97 Å². The Morgan fingerprint density at radius 1 is 1.28 bits per heavy atom. The normalized spacial score (nSPS) is 20.1. The molecule has 1 atom stereocenters. The van der Waals surface area contributed by atoms with Crippen molar-refractivity contribution in [2.24, 2.45) is 0 Å². The van der Waals surface area contributed by atoms with Crippen LogP contribution >= 0.6 is 11.3 Å². The maximum Gasteiger partial charge on any atom is 0.345 e. The molecule has 2 heterocycles. The second-order valence-electron chi connectivity index (χ2n) is 4.18. The van der Waals surface area contributed by atoms with E-state index >= 15 is 0 Å². The lowest BCUT2D eigenvalue weighted by Gasteiger charge is -2.14. The van der Waals surface area contributed by atoms with Crippen LogP contribution in [0.15, 0.2) is 12.1 Å². The fourth-order valence-electron chi connectivity index (χ4n) is 1.88. The molecular weight excluding hydrogens is 254 g/mol. The molecule has 1 amide bonds. The van der Waals surface area contributed by atoms with Crippen molar-refractivity contribution in [3.05, 3.63) is 21.9 Å². The highest BCUT2D eigenvalue weighted by Crippen LogP contribution is 2.17. The molecule has 0 aliphatic carbocycles. The molecule has 1 aromatic heterocycles. The Kier molecular flexibility index (Phi) is 4.33. The van der Waals surface area contributed by atoms with Gasteiger partial charge in [0.15, 0.2) is 0 Å². The summed E-state index contributed by atoms with van der Waals surface area (Å²) in [4.78, 5) is 23.3. The zero-order chi connectivity index (χ0) is 13.0. The first-order chi connectivity index (χ1) is 8.66. The van der Waals surface area contributed by atoms with Gasteiger partial charge in [-0.3, -0.25) is 4.79 Å². The minimum absolute atomic E-state index is 0.121. The number of hydrogen-bond acceptors (Lipinski definition) is 4. The zero-order valence-corrected chi connectivity index (χ0v) is 10.7. The molecule has 5 nitrogen and oxygen atoms in total. The van der Waals surface area contributed by atoms with Crippen molar-refractivity contribution >= 4 is 23.2 Å². The summed E-state index contributed by atoms with van der Waals surface area (Å²) < 4.78 is 5.32. The number of carbonyl (C=O) groups excluding carboxylic acids is 1. The zero-order valence-electron chi connectivity index (χ0n) is 9.85. The molecule has 0 radical (unpaired) electrons. The Bertz CT molecular complexity index is 435. The third-order valence-electron chi connectivity index (χ3n) is 2.83. The molecule has 98 valence electrons. The summed E-state index contributed by atoms with van der Waals surface area (Å²) in [6.07, 6.45) is 2.65. The van der Waals surface area contributed by atoms with E-state index in [1.165, 1.54) is 6.07 Å². The summed E-state index contributed by atoms with van der Waals surface area (Å²) in [5, 5.41) is 11.7. The maximum absolute atomic E-state index is 11.9. The first kappa shape index (κ1) is 13.0. The Morgan fingerprint density at radius 2 is 2.06 bits per heavy atom. The van der Waals surface area contributed by atoms with E-state index in [1.807, 2.05) is 0 Å². The van der Waals surface area contributed by atoms with E-state index in [1.54, 1.807) is 6.07 Å². The molecule has 0 aromatic carbocycles. The van der Waals surface area contributed by atoms with Gasteiger partial charge in [-0.15, -0.1) is 11.3 Å². The highest BCUT2D eigenvalue weighted by Gasteiger charge is 2.18. The molecule has 18 heavy (non-hydrogen) atoms. The van der Waals surface area contributed by atoms with Gasteiger partial charge < -0.3 is 15.2 Å². The fourth-order valence-corrected chi connectivity index (χ4v) is 2.63. The van der Waals surface area contributed by atoms with Gasteiger partial charge in [-0.1, -0.05) is 0 Å². The van der Waals surface area contributed by atoms with E-state index in [0.717, 1.165) is 37.2 Å². The Hall–Kier alpha value is -1.40. The second-order valence-corrected chi connectivity index (χ2v) is 5.27. The van der Waals surface area contributed by atoms with Gasteiger partial charge in [0.1, 0.15) is 4.88 Å². The quantitative estimate of drug-likeness (QED) is 0.876. The number of ether oxygens (including phenoxy) is 1. The van der Waals surface area contributed by atoms with E-state index in [-0.39, 0.29) is 16.8 Å². The molecule has 1 fully saturated rings. The van der Waals surface area contributed by atoms with Crippen LogP contribution in [-0.2, 0) is 4.74 Å². The summed E-state index contributed by atoms with van der Waals surface area (Å²) >= 11 is 1.00. The molecule has 0 bridgehead atoms. The number of nitrogens with one attached hydrogen (secondary N) is 1. The van der Waals surface area contributed by atoms with Crippen molar-refractivity contribution in [3.63, 3.8) is 0 Å². The summed E-state index contributed by atoms with van der Waals surface area (Å²) in [7, 11) is 0. The lowest BCUT2D eigenvalue weighted by Crippen LogP contribution is -2.34. The van der Waals surface area contributed by atoms with Gasteiger partial charge in [-0.2, -0.15) is 0 Å². The predicted octanol–water partition coefficient (Wildman–Crippen LogP) is 1.75. The van der Waals surface area contributed by atoms with Gasteiger partial charge in [0.25, 0.3) is 5.91 Å². The lowest BCUT2D eigenvalue weighted by atomic mass is 10.1. The van der Waals surface area contributed by atoms with Gasteiger partial charge in [-0.05, 0) is 31.4 Å². The van der Waals surface area contributed by atoms with Crippen molar-refractivity contribution < 1.29 is 19.4 Å². The van der Waals surface area contributed by atoms with Crippen LogP contribution in [0.3, 0.4) is 0 Å². The predicted molar refractivity (Wildman–Crippen MR) is 67.2 cm³/mol. The fraction of sp³-hybridized carbons (Fsp3) is 0.500. The van der Waals surface area contributed by atoms with Crippen molar-refractivity contribution in [2.75, 3.05) is 13.2 Å². The average molecular weight is 269 g/mol. The van der Waals surface area contributed by atoms with Crippen molar-refractivity contribution in [3.8, 4) is 0 Å². The highest BCUT2D eigenvalue weighted by atomic mass is 32.1. The number of carbonyl (C=O) groups is 2. The van der Waals surface area contributed by atoms with Crippen LogP contribution in [0.2, 0.25) is 0 Å². The number of hydrogen-bond donors (Lipinski definition) is 2. The van der Waals surface area contributed by atoms with Gasteiger partial charge in [0, 0.05) is 19.3 Å². The average Bonchev–Trinajstić information content (AvgIpc) is 2.70. The number of amides is 1. The van der Waals surface area contributed by atoms with E-state index in [4.69, 9.17) is 9.84 Å². The lowest BCUT2D eigenvalue weighted by molar-refractivity contribution is 0.0702. The molecule has 2 N–H and O–H groups in total. The first-order valence-electron chi connectivity index (χ1n) is 5.88. The summed E-state index contributed by atoms with van der Waals surface area (Å²) in [6.45, 7) is 1.41. The first-order valence-corrected chi connectivity index (χ1v) is 6.70. The molecule has 1 aromatic rings. The van der Waals surface area contributed by atoms with Crippen LogP contribution in [0, 0.1) is 0 Å². The molecular formula is C12H15NO4S. The molecule has 6 heteroatoms. The summed E-state index contributed by atoms with van der Waals surface area (Å²) in [5.74, 6) is -1.19. The number of carboxylic acid groups (broad SMARTS) is 1. The monoisotopic (exact) mass is 269 g/mol. The van der Waals surface area contributed by atoms with Crippen LogP contribution in [-0.4, -0.2) is 36.2 Å². The van der Waals surface area contributed by atoms with Crippen LogP contribution in [0.25, 0.3) is 0 Å². The molecule has 1 aliphatic heterocycles. The molecule has 1 saturated heterocycles. The van der Waals surface area contributed by atoms with E-state index in [9.17, 15) is 9.59 Å². The Labute approximate surface area is 109 Å². The van der Waals surface area contributed by atoms with Crippen LogP contribution < -0.4 is 5.32 Å². The standard InChI is InChI=1S/C12H15NO4S/c14-11(9-3-4-10(18-9)12(15)16)13-8-2-1-6-17-7-5-8/h3-4,8H,1-2,5-7H2,(H,13,14)(H,15,16)/t8-/m0/s1. The number of aromatic carboxylic acids is 1. The number of carboxylic acids is 1. The Balaban J connectivity index is 1.95. The Morgan fingerprint density at radius 3 is 2.78 bits per heavy atom. The van der Waals surface area contributed by atoms with Gasteiger partial charge in [0.2, 0.25) is 0 Å². The van der Waals surface area contributed by atoms with Crippen LogP contribution in [0.1, 0.15) is 38.6 Å². The van der Waals surface area contributed by atoms with Crippen LogP contribution in [0.5, 0.6) is 0 Å². The number of rotatable bonds is 3. The molecule has 2 rings (SSSR count). The summed E-state index contributed by atoms with van der Waals surface area (Å²) in [6, 6.07) is 3.13. The second kappa shape index (κ2) is 5.97. The minimum atomic E-state index is -0.998. The molecule has 0 spiro atoms. The molecule has 0 saturated carbocycles. The van der Waals surface area contributed by atoms with Crippen molar-refractivity contribution in [1.29, 1.82) is 0 Å². The van der Waals surface area contributed by atoms with Crippen LogP contribution in [0.4, 0.5) is 0 Å². The topological polar surface area (TPSA) is 75.6 Å². The number of thiophene rings is 1. The third-order valence-corrected chi connectivity index (χ3v) is 3.90. The van der Waals surface area contributed by atoms with Gasteiger partial charge in [-0.25, -0.2) is 4.79 Å². The maximum atomic E-state index is 11.9. The highest BCUT2D eigenvalue weighted by molar-refractivity contribution is 7.15. The van der Waals surface area contributed by atoms with Crippen molar-refractivity contribution in [2.45, 2.75) is 25.3 Å². The SMILES string of the molecule is O=C(O)c1ccc(C(=O)N[C@H]2CCCOCC2)s1. The molecule has 1 aliphatic rings. The third kappa shape index (κ3) is 3.30. The smallest absolute Gasteiger partial charge is 0.345 e.